The summed E-state index contributed by atoms with van der Waals surface area (Å²) in [5.74, 6) is -0.0918. The Bertz CT molecular complexity index is 585. The van der Waals surface area contributed by atoms with Crippen LogP contribution in [0.25, 0.3) is 0 Å². The summed E-state index contributed by atoms with van der Waals surface area (Å²) >= 11 is 0. The first kappa shape index (κ1) is 15.0. The van der Waals surface area contributed by atoms with Gasteiger partial charge >= 0.3 is 0 Å². The molecule has 1 amide bonds. The quantitative estimate of drug-likeness (QED) is 0.679. The number of amides is 1. The van der Waals surface area contributed by atoms with Crippen molar-refractivity contribution in [3.8, 4) is 0 Å². The van der Waals surface area contributed by atoms with Crippen molar-refractivity contribution in [2.75, 3.05) is 18.4 Å². The highest BCUT2D eigenvalue weighted by molar-refractivity contribution is 5.95. The van der Waals surface area contributed by atoms with E-state index in [0.29, 0.717) is 13.1 Å². The van der Waals surface area contributed by atoms with Gasteiger partial charge in [-0.3, -0.25) is 4.79 Å². The topological polar surface area (TPSA) is 82.7 Å². The molecule has 2 rings (SSSR count). The molecule has 0 atom stereocenters. The van der Waals surface area contributed by atoms with Gasteiger partial charge in [-0.2, -0.15) is 0 Å². The van der Waals surface area contributed by atoms with Crippen LogP contribution in [0, 0.1) is 5.82 Å². The van der Waals surface area contributed by atoms with Crippen molar-refractivity contribution in [3.63, 3.8) is 0 Å². The van der Waals surface area contributed by atoms with E-state index in [1.165, 1.54) is 12.3 Å². The lowest BCUT2D eigenvalue weighted by atomic mass is 10.2. The van der Waals surface area contributed by atoms with Crippen molar-refractivity contribution in [1.82, 2.24) is 20.3 Å². The third-order valence-corrected chi connectivity index (χ3v) is 2.91. The summed E-state index contributed by atoms with van der Waals surface area (Å²) in [6, 6.07) is 1.37. The Labute approximate surface area is 122 Å². The maximum atomic E-state index is 14.0. The third-order valence-electron chi connectivity index (χ3n) is 2.91. The number of imidazole rings is 1. The van der Waals surface area contributed by atoms with Crippen molar-refractivity contribution in [2.45, 2.75) is 19.8 Å². The summed E-state index contributed by atoms with van der Waals surface area (Å²) in [4.78, 5) is 22.9. The number of anilines is 1. The van der Waals surface area contributed by atoms with Crippen LogP contribution in [0.4, 0.5) is 10.2 Å². The number of hydrogen-bond acceptors (Lipinski definition) is 4. The van der Waals surface area contributed by atoms with Crippen LogP contribution in [0.2, 0.25) is 0 Å². The Morgan fingerprint density at radius 3 is 2.95 bits per heavy atom. The minimum absolute atomic E-state index is 0.000974. The molecule has 0 aliphatic carbocycles. The van der Waals surface area contributed by atoms with E-state index >= 15 is 0 Å². The van der Waals surface area contributed by atoms with E-state index in [2.05, 4.69) is 25.6 Å². The van der Waals surface area contributed by atoms with Crippen LogP contribution in [0.1, 0.15) is 29.5 Å². The molecule has 0 spiro atoms. The number of carbonyl (C=O) groups is 1. The summed E-state index contributed by atoms with van der Waals surface area (Å²) in [5, 5.41) is 5.47. The molecular formula is C14H18FN5O. The van der Waals surface area contributed by atoms with E-state index in [-0.39, 0.29) is 11.4 Å². The Hall–Kier alpha value is -2.44. The molecule has 21 heavy (non-hydrogen) atoms. The molecule has 112 valence electrons. The van der Waals surface area contributed by atoms with Gasteiger partial charge in [0.15, 0.2) is 11.6 Å². The van der Waals surface area contributed by atoms with Crippen LogP contribution in [-0.4, -0.2) is 33.9 Å². The first-order valence-corrected chi connectivity index (χ1v) is 6.87. The van der Waals surface area contributed by atoms with Gasteiger partial charge < -0.3 is 15.6 Å². The highest BCUT2D eigenvalue weighted by Gasteiger charge is 2.15. The largest absolute Gasteiger partial charge is 0.368 e. The standard InChI is InChI=1S/C14H18FN5O/c1-2-16-13-12(15)10(5-7-19-13)14(21)20-6-3-4-11-17-8-9-18-11/h5,7-9H,2-4,6H2,1H3,(H,16,19)(H,17,18)(H,20,21). The van der Waals surface area contributed by atoms with Crippen LogP contribution in [0.5, 0.6) is 0 Å². The Morgan fingerprint density at radius 2 is 2.24 bits per heavy atom. The van der Waals surface area contributed by atoms with Crippen LogP contribution < -0.4 is 10.6 Å². The van der Waals surface area contributed by atoms with Gasteiger partial charge in [0.25, 0.3) is 5.91 Å². The highest BCUT2D eigenvalue weighted by atomic mass is 19.1. The minimum atomic E-state index is -0.622. The van der Waals surface area contributed by atoms with Gasteiger partial charge in [-0.1, -0.05) is 0 Å². The lowest BCUT2D eigenvalue weighted by molar-refractivity contribution is 0.0949. The fourth-order valence-corrected chi connectivity index (χ4v) is 1.90. The van der Waals surface area contributed by atoms with Crippen molar-refractivity contribution in [3.05, 3.63) is 41.9 Å². The Kier molecular flexibility index (Phi) is 5.25. The maximum Gasteiger partial charge on any atom is 0.254 e. The first-order chi connectivity index (χ1) is 10.2. The molecule has 0 saturated carbocycles. The zero-order valence-corrected chi connectivity index (χ0v) is 11.8. The van der Waals surface area contributed by atoms with Gasteiger partial charge in [-0.15, -0.1) is 0 Å². The van der Waals surface area contributed by atoms with Crippen LogP contribution >= 0.6 is 0 Å². The van der Waals surface area contributed by atoms with E-state index in [0.717, 1.165) is 18.7 Å². The van der Waals surface area contributed by atoms with Crippen LogP contribution in [0.15, 0.2) is 24.7 Å². The molecule has 2 aromatic rings. The average molecular weight is 291 g/mol. The fraction of sp³-hybridized carbons (Fsp3) is 0.357. The summed E-state index contributed by atoms with van der Waals surface area (Å²) < 4.78 is 14.0. The van der Waals surface area contributed by atoms with E-state index < -0.39 is 11.7 Å². The molecule has 0 aromatic carbocycles. The summed E-state index contributed by atoms with van der Waals surface area (Å²) in [6.45, 7) is 2.83. The minimum Gasteiger partial charge on any atom is -0.368 e. The second-order valence-corrected chi connectivity index (χ2v) is 4.45. The smallest absolute Gasteiger partial charge is 0.254 e. The summed E-state index contributed by atoms with van der Waals surface area (Å²) in [5.41, 5.74) is -0.000974. The molecule has 0 aliphatic rings. The number of pyridine rings is 1. The zero-order chi connectivity index (χ0) is 15.1. The molecule has 7 heteroatoms. The zero-order valence-electron chi connectivity index (χ0n) is 11.8. The summed E-state index contributed by atoms with van der Waals surface area (Å²) in [6.07, 6.45) is 6.31. The van der Waals surface area contributed by atoms with Crippen molar-refractivity contribution < 1.29 is 9.18 Å². The SMILES string of the molecule is CCNc1nccc(C(=O)NCCCc2ncc[nH]2)c1F. The number of H-pyrrole nitrogens is 1. The third kappa shape index (κ3) is 4.01. The molecule has 2 aromatic heterocycles. The number of aromatic amines is 1. The lowest BCUT2D eigenvalue weighted by Crippen LogP contribution is -2.26. The molecule has 0 aliphatic heterocycles. The molecular weight excluding hydrogens is 273 g/mol. The Morgan fingerprint density at radius 1 is 1.38 bits per heavy atom. The van der Waals surface area contributed by atoms with E-state index in [1.54, 1.807) is 12.4 Å². The number of aromatic nitrogens is 3. The van der Waals surface area contributed by atoms with E-state index in [4.69, 9.17) is 0 Å². The molecule has 6 nitrogen and oxygen atoms in total. The number of nitrogens with one attached hydrogen (secondary N) is 3. The second-order valence-electron chi connectivity index (χ2n) is 4.45. The molecule has 0 saturated heterocycles. The second kappa shape index (κ2) is 7.37. The lowest BCUT2D eigenvalue weighted by Gasteiger charge is -2.08. The number of carbonyl (C=O) groups excluding carboxylic acids is 1. The van der Waals surface area contributed by atoms with Gasteiger partial charge in [-0.05, 0) is 19.4 Å². The monoisotopic (exact) mass is 291 g/mol. The van der Waals surface area contributed by atoms with Crippen molar-refractivity contribution in [1.29, 1.82) is 0 Å². The normalized spacial score (nSPS) is 10.4. The predicted octanol–water partition coefficient (Wildman–Crippen LogP) is 1.74. The van der Waals surface area contributed by atoms with Gasteiger partial charge in [0.1, 0.15) is 5.82 Å². The number of rotatable bonds is 7. The average Bonchev–Trinajstić information content (AvgIpc) is 2.99. The molecule has 0 radical (unpaired) electrons. The molecule has 0 unspecified atom stereocenters. The van der Waals surface area contributed by atoms with Gasteiger partial charge in [-0.25, -0.2) is 14.4 Å². The number of nitrogens with zero attached hydrogens (tertiary/aromatic N) is 2. The number of halogens is 1. The molecule has 2 heterocycles. The van der Waals surface area contributed by atoms with Gasteiger partial charge in [0.2, 0.25) is 0 Å². The molecule has 0 bridgehead atoms. The van der Waals surface area contributed by atoms with E-state index in [9.17, 15) is 9.18 Å². The fourth-order valence-electron chi connectivity index (χ4n) is 1.90. The predicted molar refractivity (Wildman–Crippen MR) is 77.6 cm³/mol. The van der Waals surface area contributed by atoms with Gasteiger partial charge in [0.05, 0.1) is 5.56 Å². The van der Waals surface area contributed by atoms with Crippen molar-refractivity contribution >= 4 is 11.7 Å². The van der Waals surface area contributed by atoms with Crippen LogP contribution in [0.3, 0.4) is 0 Å². The van der Waals surface area contributed by atoms with E-state index in [1.807, 2.05) is 6.92 Å². The summed E-state index contributed by atoms with van der Waals surface area (Å²) in [7, 11) is 0. The molecule has 3 N–H and O–H groups in total. The Balaban J connectivity index is 1.86. The van der Waals surface area contributed by atoms with Crippen molar-refractivity contribution in [2.24, 2.45) is 0 Å². The highest BCUT2D eigenvalue weighted by Crippen LogP contribution is 2.14. The number of aryl methyl sites for hydroxylation is 1. The first-order valence-electron chi connectivity index (χ1n) is 6.87. The van der Waals surface area contributed by atoms with Gasteiger partial charge in [0, 0.05) is 38.1 Å². The van der Waals surface area contributed by atoms with Crippen LogP contribution in [-0.2, 0) is 6.42 Å². The number of hydrogen-bond donors (Lipinski definition) is 3. The maximum absolute atomic E-state index is 14.0. The molecule has 0 fully saturated rings.